The van der Waals surface area contributed by atoms with Gasteiger partial charge < -0.3 is 5.11 Å². The van der Waals surface area contributed by atoms with Gasteiger partial charge in [-0.3, -0.25) is 0 Å². The zero-order chi connectivity index (χ0) is 9.26. The highest BCUT2D eigenvalue weighted by Crippen LogP contribution is 2.40. The second-order valence-electron chi connectivity index (χ2n) is 3.61. The van der Waals surface area contributed by atoms with Crippen LogP contribution in [0.15, 0.2) is 24.3 Å². The second-order valence-corrected chi connectivity index (χ2v) is 4.26. The van der Waals surface area contributed by atoms with Gasteiger partial charge in [0, 0.05) is 5.33 Å². The minimum absolute atomic E-state index is 0.362. The van der Waals surface area contributed by atoms with Crippen LogP contribution in [0.5, 0.6) is 0 Å². The van der Waals surface area contributed by atoms with Crippen molar-refractivity contribution in [3.05, 3.63) is 35.4 Å². The van der Waals surface area contributed by atoms with Crippen molar-refractivity contribution in [3.63, 3.8) is 0 Å². The molecular weight excluding hydrogens is 228 g/mol. The van der Waals surface area contributed by atoms with Gasteiger partial charge in [-0.1, -0.05) is 40.2 Å². The van der Waals surface area contributed by atoms with E-state index in [4.69, 9.17) is 0 Å². The normalized spacial score (nSPS) is 18.6. The summed E-state index contributed by atoms with van der Waals surface area (Å²) in [7, 11) is 0. The highest BCUT2D eigenvalue weighted by molar-refractivity contribution is 9.09. The van der Waals surface area contributed by atoms with Crippen molar-refractivity contribution in [3.8, 4) is 0 Å². The molecule has 0 aliphatic heterocycles. The van der Waals surface area contributed by atoms with E-state index in [2.05, 4.69) is 28.1 Å². The maximum Gasteiger partial charge on any atom is 0.0886 e. The van der Waals surface area contributed by atoms with Crippen LogP contribution < -0.4 is 0 Å². The minimum Gasteiger partial charge on any atom is -0.388 e. The summed E-state index contributed by atoms with van der Waals surface area (Å²) in [6.45, 7) is 0. The van der Waals surface area contributed by atoms with Crippen molar-refractivity contribution in [1.29, 1.82) is 0 Å². The lowest BCUT2D eigenvalue weighted by molar-refractivity contribution is 0.205. The van der Waals surface area contributed by atoms with E-state index in [-0.39, 0.29) is 6.10 Å². The Morgan fingerprint density at radius 1 is 1.46 bits per heavy atom. The molecule has 1 fully saturated rings. The zero-order valence-corrected chi connectivity index (χ0v) is 9.00. The lowest BCUT2D eigenvalue weighted by Gasteiger charge is -2.08. The van der Waals surface area contributed by atoms with Crippen molar-refractivity contribution in [2.24, 2.45) is 0 Å². The van der Waals surface area contributed by atoms with E-state index in [1.807, 2.05) is 12.1 Å². The number of alkyl halides is 1. The van der Waals surface area contributed by atoms with Crippen LogP contribution in [-0.2, 0) is 0 Å². The fourth-order valence-corrected chi connectivity index (χ4v) is 1.90. The van der Waals surface area contributed by atoms with Crippen molar-refractivity contribution in [2.45, 2.75) is 24.9 Å². The summed E-state index contributed by atoms with van der Waals surface area (Å²) in [4.78, 5) is 0. The maximum atomic E-state index is 9.61. The summed E-state index contributed by atoms with van der Waals surface area (Å²) in [6.07, 6.45) is 2.26. The smallest absolute Gasteiger partial charge is 0.0886 e. The summed E-state index contributed by atoms with van der Waals surface area (Å²) >= 11 is 3.28. The molecule has 1 nitrogen and oxygen atoms in total. The Bertz CT molecular complexity index is 294. The van der Waals surface area contributed by atoms with Gasteiger partial charge in [-0.15, -0.1) is 0 Å². The molecule has 1 aromatic carbocycles. The standard InChI is InChI=1S/C11H13BrO/c12-7-11(13)10-3-1-2-9(6-10)8-4-5-8/h1-3,6,8,11,13H,4-5,7H2. The SMILES string of the molecule is OC(CBr)c1cccc(C2CC2)c1. The summed E-state index contributed by atoms with van der Waals surface area (Å²) in [5, 5.41) is 10.2. The monoisotopic (exact) mass is 240 g/mol. The number of aliphatic hydroxyl groups is 1. The van der Waals surface area contributed by atoms with Crippen LogP contribution in [0.25, 0.3) is 0 Å². The molecule has 0 aromatic heterocycles. The van der Waals surface area contributed by atoms with Gasteiger partial charge in [0.15, 0.2) is 0 Å². The third-order valence-corrected chi connectivity index (χ3v) is 3.10. The Labute approximate surface area is 86.9 Å². The van der Waals surface area contributed by atoms with Crippen LogP contribution in [0.1, 0.15) is 36.0 Å². The van der Waals surface area contributed by atoms with Crippen LogP contribution in [0, 0.1) is 0 Å². The lowest BCUT2D eigenvalue weighted by Crippen LogP contribution is -1.98. The molecule has 0 saturated heterocycles. The third kappa shape index (κ3) is 2.12. The first-order valence-electron chi connectivity index (χ1n) is 4.65. The molecule has 0 spiro atoms. The fourth-order valence-electron chi connectivity index (χ4n) is 1.53. The van der Waals surface area contributed by atoms with Crippen LogP contribution in [0.3, 0.4) is 0 Å². The maximum absolute atomic E-state index is 9.61. The first-order chi connectivity index (χ1) is 6.31. The Hall–Kier alpha value is -0.340. The molecule has 1 saturated carbocycles. The van der Waals surface area contributed by atoms with Crippen LogP contribution in [-0.4, -0.2) is 10.4 Å². The van der Waals surface area contributed by atoms with Crippen molar-refractivity contribution < 1.29 is 5.11 Å². The summed E-state index contributed by atoms with van der Waals surface area (Å²) in [5.74, 6) is 0.766. The molecule has 13 heavy (non-hydrogen) atoms. The average molecular weight is 241 g/mol. The molecule has 1 aromatic rings. The molecule has 0 amide bonds. The van der Waals surface area contributed by atoms with E-state index in [1.54, 1.807) is 0 Å². The van der Waals surface area contributed by atoms with E-state index in [9.17, 15) is 5.11 Å². The van der Waals surface area contributed by atoms with E-state index >= 15 is 0 Å². The van der Waals surface area contributed by atoms with E-state index in [0.29, 0.717) is 5.33 Å². The number of rotatable bonds is 3. The molecule has 70 valence electrons. The Morgan fingerprint density at radius 3 is 2.85 bits per heavy atom. The van der Waals surface area contributed by atoms with Crippen LogP contribution in [0.4, 0.5) is 0 Å². The predicted molar refractivity (Wildman–Crippen MR) is 57.2 cm³/mol. The first-order valence-corrected chi connectivity index (χ1v) is 5.77. The summed E-state index contributed by atoms with van der Waals surface area (Å²) in [6, 6.07) is 8.30. The van der Waals surface area contributed by atoms with Gasteiger partial charge in [0.05, 0.1) is 6.10 Å². The van der Waals surface area contributed by atoms with Crippen molar-refractivity contribution >= 4 is 15.9 Å². The lowest BCUT2D eigenvalue weighted by atomic mass is 10.0. The van der Waals surface area contributed by atoms with Crippen molar-refractivity contribution in [1.82, 2.24) is 0 Å². The molecule has 1 aliphatic carbocycles. The highest BCUT2D eigenvalue weighted by Gasteiger charge is 2.23. The van der Waals surface area contributed by atoms with Gasteiger partial charge in [-0.25, -0.2) is 0 Å². The van der Waals surface area contributed by atoms with E-state index in [0.717, 1.165) is 11.5 Å². The predicted octanol–water partition coefficient (Wildman–Crippen LogP) is 2.99. The molecule has 0 heterocycles. The summed E-state index contributed by atoms with van der Waals surface area (Å²) < 4.78 is 0. The highest BCUT2D eigenvalue weighted by atomic mass is 79.9. The third-order valence-electron chi connectivity index (χ3n) is 2.49. The zero-order valence-electron chi connectivity index (χ0n) is 7.41. The van der Waals surface area contributed by atoms with E-state index in [1.165, 1.54) is 18.4 Å². The average Bonchev–Trinajstić information content (AvgIpc) is 3.00. The van der Waals surface area contributed by atoms with Gasteiger partial charge in [0.1, 0.15) is 0 Å². The van der Waals surface area contributed by atoms with Crippen molar-refractivity contribution in [2.75, 3.05) is 5.33 Å². The molecule has 0 bridgehead atoms. The summed E-state index contributed by atoms with van der Waals surface area (Å²) in [5.41, 5.74) is 2.42. The Balaban J connectivity index is 2.21. The molecule has 0 radical (unpaired) electrons. The number of benzene rings is 1. The van der Waals surface area contributed by atoms with Gasteiger partial charge >= 0.3 is 0 Å². The largest absolute Gasteiger partial charge is 0.388 e. The topological polar surface area (TPSA) is 20.2 Å². The van der Waals surface area contributed by atoms with E-state index < -0.39 is 0 Å². The van der Waals surface area contributed by atoms with Gasteiger partial charge in [0.25, 0.3) is 0 Å². The second kappa shape index (κ2) is 3.81. The quantitative estimate of drug-likeness (QED) is 0.806. The molecular formula is C11H13BrO. The van der Waals surface area contributed by atoms with Crippen LogP contribution in [0.2, 0.25) is 0 Å². The Morgan fingerprint density at radius 2 is 2.23 bits per heavy atom. The number of hydrogen-bond acceptors (Lipinski definition) is 1. The molecule has 2 heteroatoms. The number of halogens is 1. The van der Waals surface area contributed by atoms with Gasteiger partial charge in [0.2, 0.25) is 0 Å². The molecule has 1 atom stereocenters. The number of aliphatic hydroxyl groups excluding tert-OH is 1. The van der Waals surface area contributed by atoms with Gasteiger partial charge in [-0.2, -0.15) is 0 Å². The molecule has 2 rings (SSSR count). The van der Waals surface area contributed by atoms with Gasteiger partial charge in [-0.05, 0) is 29.9 Å². The first kappa shape index (κ1) is 9.22. The number of hydrogen-bond donors (Lipinski definition) is 1. The minimum atomic E-state index is -0.362. The Kier molecular flexibility index (Phi) is 2.70. The molecule has 1 unspecified atom stereocenters. The van der Waals surface area contributed by atoms with Crippen LogP contribution >= 0.6 is 15.9 Å². The molecule has 1 N–H and O–H groups in total. The fraction of sp³-hybridized carbons (Fsp3) is 0.455. The molecule has 1 aliphatic rings.